The van der Waals surface area contributed by atoms with Crippen LogP contribution in [-0.2, 0) is 0 Å². The Hall–Kier alpha value is -3.03. The average Bonchev–Trinajstić information content (AvgIpc) is 2.68. The van der Waals surface area contributed by atoms with Crippen LogP contribution in [0.1, 0.15) is 35.3 Å². The Labute approximate surface area is 174 Å². The van der Waals surface area contributed by atoms with Crippen molar-refractivity contribution in [1.29, 1.82) is 0 Å². The maximum atomic E-state index is 13.2. The molecule has 0 bridgehead atoms. The zero-order chi connectivity index (χ0) is 22.5. The quantitative estimate of drug-likeness (QED) is 0.439. The van der Waals surface area contributed by atoms with E-state index in [-0.39, 0.29) is 11.7 Å². The van der Waals surface area contributed by atoms with E-state index in [9.17, 15) is 18.0 Å². The lowest BCUT2D eigenvalue weighted by Crippen LogP contribution is -2.31. The van der Waals surface area contributed by atoms with Gasteiger partial charge in [0.15, 0.2) is 0 Å². The SMILES string of the molecule is CCN(C)C=Nc1cc(C)c(C(=O)N(CC)c2ccc(OC(F)(F)F)cc2)cc1C. The van der Waals surface area contributed by atoms with E-state index in [4.69, 9.17) is 0 Å². The number of benzene rings is 2. The highest BCUT2D eigenvalue weighted by Gasteiger charge is 2.31. The molecule has 0 saturated heterocycles. The van der Waals surface area contributed by atoms with Crippen LogP contribution in [0.3, 0.4) is 0 Å². The Bertz CT molecular complexity index is 909. The first-order valence-corrected chi connectivity index (χ1v) is 9.59. The molecule has 0 saturated carbocycles. The van der Waals surface area contributed by atoms with E-state index in [1.807, 2.05) is 38.8 Å². The number of anilines is 1. The van der Waals surface area contributed by atoms with Gasteiger partial charge in [-0.3, -0.25) is 4.79 Å². The predicted octanol–water partition coefficient (Wildman–Crippen LogP) is 5.48. The third kappa shape index (κ3) is 5.98. The Kier molecular flexibility index (Phi) is 7.48. The number of aliphatic imine (C=N–C) groups is 1. The van der Waals surface area contributed by atoms with Crippen LogP contribution >= 0.6 is 0 Å². The van der Waals surface area contributed by atoms with Crippen molar-refractivity contribution in [3.8, 4) is 5.75 Å². The van der Waals surface area contributed by atoms with Crippen molar-refractivity contribution in [2.45, 2.75) is 34.1 Å². The van der Waals surface area contributed by atoms with Gasteiger partial charge in [0.1, 0.15) is 5.75 Å². The van der Waals surface area contributed by atoms with Crippen LogP contribution in [0, 0.1) is 13.8 Å². The minimum atomic E-state index is -4.76. The Morgan fingerprint density at radius 1 is 1.07 bits per heavy atom. The molecule has 0 aromatic heterocycles. The van der Waals surface area contributed by atoms with Crippen LogP contribution in [0.4, 0.5) is 24.5 Å². The molecule has 0 radical (unpaired) electrons. The molecule has 0 aliphatic heterocycles. The second-order valence-corrected chi connectivity index (χ2v) is 6.86. The number of alkyl halides is 3. The van der Waals surface area contributed by atoms with Gasteiger partial charge in [0.2, 0.25) is 0 Å². The van der Waals surface area contributed by atoms with Gasteiger partial charge < -0.3 is 14.5 Å². The maximum absolute atomic E-state index is 13.2. The molecule has 1 amide bonds. The van der Waals surface area contributed by atoms with Gasteiger partial charge in [-0.1, -0.05) is 0 Å². The number of aryl methyl sites for hydroxylation is 2. The van der Waals surface area contributed by atoms with Gasteiger partial charge in [-0.2, -0.15) is 0 Å². The third-order valence-corrected chi connectivity index (χ3v) is 4.61. The van der Waals surface area contributed by atoms with Gasteiger partial charge in [-0.15, -0.1) is 13.2 Å². The molecule has 0 atom stereocenters. The highest BCUT2D eigenvalue weighted by molar-refractivity contribution is 6.07. The first-order valence-electron chi connectivity index (χ1n) is 9.59. The van der Waals surface area contributed by atoms with Crippen LogP contribution in [-0.4, -0.2) is 43.6 Å². The minimum absolute atomic E-state index is 0.233. The maximum Gasteiger partial charge on any atom is 0.573 e. The Morgan fingerprint density at radius 3 is 2.23 bits per heavy atom. The number of carbonyl (C=O) groups is 1. The lowest BCUT2D eigenvalue weighted by Gasteiger charge is -2.23. The van der Waals surface area contributed by atoms with E-state index in [0.717, 1.165) is 23.4 Å². The van der Waals surface area contributed by atoms with E-state index < -0.39 is 6.36 Å². The molecule has 0 heterocycles. The summed E-state index contributed by atoms with van der Waals surface area (Å²) in [6, 6.07) is 8.91. The van der Waals surface area contributed by atoms with Crippen LogP contribution in [0.5, 0.6) is 5.75 Å². The van der Waals surface area contributed by atoms with Crippen molar-refractivity contribution in [1.82, 2.24) is 4.90 Å². The molecule has 0 aliphatic carbocycles. The minimum Gasteiger partial charge on any atom is -0.406 e. The summed E-state index contributed by atoms with van der Waals surface area (Å²) in [5.41, 5.74) is 3.41. The molecule has 30 heavy (non-hydrogen) atoms. The summed E-state index contributed by atoms with van der Waals surface area (Å²) in [4.78, 5) is 21.1. The standard InChI is InChI=1S/C22H26F3N3O2/c1-6-27(5)14-26-20-13-15(3)19(12-16(20)4)21(29)28(7-2)17-8-10-18(11-9-17)30-22(23,24)25/h8-14H,6-7H2,1-5H3. The molecular formula is C22H26F3N3O2. The summed E-state index contributed by atoms with van der Waals surface area (Å²) < 4.78 is 40.9. The fourth-order valence-electron chi connectivity index (χ4n) is 2.83. The van der Waals surface area contributed by atoms with Crippen molar-refractivity contribution in [3.63, 3.8) is 0 Å². The molecule has 0 unspecified atom stereocenters. The number of nitrogens with zero attached hydrogens (tertiary/aromatic N) is 3. The molecule has 0 fully saturated rings. The van der Waals surface area contributed by atoms with Gasteiger partial charge in [-0.05, 0) is 75.2 Å². The molecule has 0 aliphatic rings. The van der Waals surface area contributed by atoms with Crippen molar-refractivity contribution < 1.29 is 22.7 Å². The summed E-state index contributed by atoms with van der Waals surface area (Å²) in [7, 11) is 1.92. The number of rotatable bonds is 7. The molecule has 8 heteroatoms. The first-order chi connectivity index (χ1) is 14.1. The van der Waals surface area contributed by atoms with E-state index in [1.165, 1.54) is 29.2 Å². The van der Waals surface area contributed by atoms with E-state index >= 15 is 0 Å². The van der Waals surface area contributed by atoms with Crippen molar-refractivity contribution in [2.24, 2.45) is 4.99 Å². The molecule has 2 aromatic rings. The summed E-state index contributed by atoms with van der Waals surface area (Å²) in [5, 5.41) is 0. The number of amides is 1. The van der Waals surface area contributed by atoms with Gasteiger partial charge in [0.05, 0.1) is 12.0 Å². The smallest absolute Gasteiger partial charge is 0.406 e. The first kappa shape index (κ1) is 23.3. The number of carbonyl (C=O) groups excluding carboxylic acids is 1. The summed E-state index contributed by atoms with van der Waals surface area (Å²) in [6.07, 6.45) is -3.02. The molecule has 0 spiro atoms. The fraction of sp³-hybridized carbons (Fsp3) is 0.364. The van der Waals surface area contributed by atoms with Crippen molar-refractivity contribution >= 4 is 23.6 Å². The van der Waals surface area contributed by atoms with E-state index in [1.54, 1.807) is 19.3 Å². The van der Waals surface area contributed by atoms with Gasteiger partial charge in [0, 0.05) is 31.4 Å². The normalized spacial score (nSPS) is 11.6. The summed E-state index contributed by atoms with van der Waals surface area (Å²) in [5.74, 6) is -0.565. The lowest BCUT2D eigenvalue weighted by atomic mass is 10.0. The van der Waals surface area contributed by atoms with Gasteiger partial charge >= 0.3 is 6.36 Å². The van der Waals surface area contributed by atoms with E-state index in [0.29, 0.717) is 17.8 Å². The summed E-state index contributed by atoms with van der Waals surface area (Å²) in [6.45, 7) is 8.73. The number of hydrogen-bond donors (Lipinski definition) is 0. The second-order valence-electron chi connectivity index (χ2n) is 6.86. The van der Waals surface area contributed by atoms with Gasteiger partial charge in [0.25, 0.3) is 5.91 Å². The largest absolute Gasteiger partial charge is 0.573 e. The Morgan fingerprint density at radius 2 is 1.70 bits per heavy atom. The van der Waals surface area contributed by atoms with Gasteiger partial charge in [-0.25, -0.2) is 4.99 Å². The molecule has 162 valence electrons. The molecule has 5 nitrogen and oxygen atoms in total. The zero-order valence-electron chi connectivity index (χ0n) is 17.7. The van der Waals surface area contributed by atoms with E-state index in [2.05, 4.69) is 9.73 Å². The van der Waals surface area contributed by atoms with Crippen LogP contribution in [0.2, 0.25) is 0 Å². The lowest BCUT2D eigenvalue weighted by molar-refractivity contribution is -0.274. The molecule has 2 rings (SSSR count). The molecule has 0 N–H and O–H groups in total. The zero-order valence-corrected chi connectivity index (χ0v) is 17.7. The molecular weight excluding hydrogens is 395 g/mol. The molecule has 2 aromatic carbocycles. The fourth-order valence-corrected chi connectivity index (χ4v) is 2.83. The van der Waals surface area contributed by atoms with Crippen LogP contribution in [0.25, 0.3) is 0 Å². The average molecular weight is 421 g/mol. The summed E-state index contributed by atoms with van der Waals surface area (Å²) >= 11 is 0. The number of halogens is 3. The highest BCUT2D eigenvalue weighted by atomic mass is 19.4. The van der Waals surface area contributed by atoms with Crippen molar-refractivity contribution in [2.75, 3.05) is 25.0 Å². The Balaban J connectivity index is 2.29. The second kappa shape index (κ2) is 9.65. The number of hydrogen-bond acceptors (Lipinski definition) is 3. The predicted molar refractivity (Wildman–Crippen MR) is 113 cm³/mol. The third-order valence-electron chi connectivity index (χ3n) is 4.61. The van der Waals surface area contributed by atoms with Crippen LogP contribution < -0.4 is 9.64 Å². The monoisotopic (exact) mass is 421 g/mol. The topological polar surface area (TPSA) is 45.1 Å². The van der Waals surface area contributed by atoms with Crippen molar-refractivity contribution in [3.05, 3.63) is 53.1 Å². The number of ether oxygens (including phenoxy) is 1. The van der Waals surface area contributed by atoms with Crippen LogP contribution in [0.15, 0.2) is 41.4 Å². The highest BCUT2D eigenvalue weighted by Crippen LogP contribution is 2.28.